The molecule has 5 nitrogen and oxygen atoms in total. The van der Waals surface area contributed by atoms with E-state index in [-0.39, 0.29) is 17.7 Å². The van der Waals surface area contributed by atoms with Crippen LogP contribution in [0.4, 0.5) is 14.5 Å². The second-order valence-corrected chi connectivity index (χ2v) is 6.72. The van der Waals surface area contributed by atoms with Crippen LogP contribution < -0.4 is 15.0 Å². The quantitative estimate of drug-likeness (QED) is 0.865. The van der Waals surface area contributed by atoms with Crippen molar-refractivity contribution in [2.75, 3.05) is 18.0 Å². The summed E-state index contributed by atoms with van der Waals surface area (Å²) < 4.78 is 29.3. The zero-order valence-electron chi connectivity index (χ0n) is 15.4. The number of carbonyl (C=O) groups is 1. The lowest BCUT2D eigenvalue weighted by molar-refractivity contribution is -0.119. The number of amides is 1. The van der Waals surface area contributed by atoms with E-state index in [9.17, 15) is 13.6 Å². The predicted octanol–water partition coefficient (Wildman–Crippen LogP) is 3.76. The average Bonchev–Trinajstić information content (AvgIpc) is 2.63. The number of aromatic nitrogens is 1. The molecule has 27 heavy (non-hydrogen) atoms. The summed E-state index contributed by atoms with van der Waals surface area (Å²) in [5.41, 5.74) is 3.33. The predicted molar refractivity (Wildman–Crippen MR) is 100 cm³/mol. The monoisotopic (exact) mass is 375 g/mol. The molecule has 1 amide bonds. The fourth-order valence-electron chi connectivity index (χ4n) is 3.38. The topological polar surface area (TPSA) is 54.5 Å². The molecule has 1 aliphatic rings. The smallest absolute Gasteiger partial charge is 0.387 e. The maximum absolute atomic E-state index is 12.4. The maximum Gasteiger partial charge on any atom is 0.387 e. The Balaban J connectivity index is 1.73. The molecule has 2 aromatic rings. The van der Waals surface area contributed by atoms with Gasteiger partial charge in [-0.05, 0) is 55.7 Å². The standard InChI is InChI=1S/C20H23F2N3O2/c1-13-11-15(3-4-19(13)27-20(21)22)18-12-17(5-8-23-18)25-9-6-16(7-10-25)24-14(2)26/h3-5,8,11-12,16,20H,6-7,9-10H2,1-2H3,(H,24,26). The normalized spacial score (nSPS) is 15.1. The third-order valence-corrected chi connectivity index (χ3v) is 4.70. The number of aryl methyl sites for hydroxylation is 1. The van der Waals surface area contributed by atoms with Gasteiger partial charge in [-0.3, -0.25) is 9.78 Å². The van der Waals surface area contributed by atoms with Crippen molar-refractivity contribution in [2.24, 2.45) is 0 Å². The lowest BCUT2D eigenvalue weighted by Crippen LogP contribution is -2.44. The van der Waals surface area contributed by atoms with E-state index in [1.165, 1.54) is 0 Å². The number of hydrogen-bond acceptors (Lipinski definition) is 4. The lowest BCUT2D eigenvalue weighted by Gasteiger charge is -2.33. The number of halogens is 2. The second kappa shape index (κ2) is 8.33. The van der Waals surface area contributed by atoms with Gasteiger partial charge in [-0.1, -0.05) is 0 Å². The van der Waals surface area contributed by atoms with Crippen LogP contribution in [0.1, 0.15) is 25.3 Å². The van der Waals surface area contributed by atoms with E-state index in [4.69, 9.17) is 0 Å². The van der Waals surface area contributed by atoms with Gasteiger partial charge in [-0.25, -0.2) is 0 Å². The summed E-state index contributed by atoms with van der Waals surface area (Å²) in [6.45, 7) is 2.15. The van der Waals surface area contributed by atoms with Crippen molar-refractivity contribution in [1.29, 1.82) is 0 Å². The molecule has 0 unspecified atom stereocenters. The van der Waals surface area contributed by atoms with Crippen molar-refractivity contribution in [3.05, 3.63) is 42.1 Å². The fourth-order valence-corrected chi connectivity index (χ4v) is 3.38. The van der Waals surface area contributed by atoms with Gasteiger partial charge < -0.3 is 15.0 Å². The fraction of sp³-hybridized carbons (Fsp3) is 0.400. The van der Waals surface area contributed by atoms with Crippen molar-refractivity contribution in [3.63, 3.8) is 0 Å². The van der Waals surface area contributed by atoms with Crippen LogP contribution in [-0.4, -0.2) is 36.6 Å². The first-order valence-electron chi connectivity index (χ1n) is 8.96. The van der Waals surface area contributed by atoms with E-state index in [0.717, 1.165) is 42.9 Å². The molecule has 0 aliphatic carbocycles. The van der Waals surface area contributed by atoms with Crippen LogP contribution in [0.2, 0.25) is 0 Å². The molecule has 0 saturated carbocycles. The first-order valence-corrected chi connectivity index (χ1v) is 8.96. The molecule has 0 radical (unpaired) electrons. The SMILES string of the molecule is CC(=O)NC1CCN(c2ccnc(-c3ccc(OC(F)F)c(C)c3)c2)CC1. The number of hydrogen-bond donors (Lipinski definition) is 1. The minimum atomic E-state index is -2.84. The van der Waals surface area contributed by atoms with E-state index in [2.05, 4.69) is 19.9 Å². The van der Waals surface area contributed by atoms with Crippen LogP contribution in [0.5, 0.6) is 5.75 Å². The van der Waals surface area contributed by atoms with Gasteiger partial charge in [0.15, 0.2) is 0 Å². The highest BCUT2D eigenvalue weighted by Crippen LogP contribution is 2.29. The summed E-state index contributed by atoms with van der Waals surface area (Å²) in [5, 5.41) is 2.97. The van der Waals surface area contributed by atoms with E-state index in [1.807, 2.05) is 12.1 Å². The Labute approximate surface area is 157 Å². The minimum Gasteiger partial charge on any atom is -0.435 e. The number of anilines is 1. The Morgan fingerprint density at radius 2 is 2.00 bits per heavy atom. The zero-order chi connectivity index (χ0) is 19.4. The molecule has 1 N–H and O–H groups in total. The average molecular weight is 375 g/mol. The molecule has 1 saturated heterocycles. The first kappa shape index (κ1) is 19.1. The van der Waals surface area contributed by atoms with E-state index >= 15 is 0 Å². The van der Waals surface area contributed by atoms with Gasteiger partial charge in [0.25, 0.3) is 0 Å². The van der Waals surface area contributed by atoms with E-state index < -0.39 is 6.61 Å². The Kier molecular flexibility index (Phi) is 5.88. The van der Waals surface area contributed by atoms with Gasteiger partial charge in [0.1, 0.15) is 5.75 Å². The molecule has 7 heteroatoms. The molecule has 0 bridgehead atoms. The Hall–Kier alpha value is -2.70. The van der Waals surface area contributed by atoms with Crippen molar-refractivity contribution in [3.8, 4) is 17.0 Å². The van der Waals surface area contributed by atoms with Gasteiger partial charge in [0.05, 0.1) is 5.69 Å². The number of benzene rings is 1. The number of carbonyl (C=O) groups excluding carboxylic acids is 1. The largest absolute Gasteiger partial charge is 0.435 e. The van der Waals surface area contributed by atoms with Crippen molar-refractivity contribution in [2.45, 2.75) is 39.3 Å². The van der Waals surface area contributed by atoms with Crippen LogP contribution in [0, 0.1) is 6.92 Å². The van der Waals surface area contributed by atoms with Crippen LogP contribution in [0.25, 0.3) is 11.3 Å². The Morgan fingerprint density at radius 1 is 1.26 bits per heavy atom. The van der Waals surface area contributed by atoms with Crippen molar-refractivity contribution < 1.29 is 18.3 Å². The summed E-state index contributed by atoms with van der Waals surface area (Å²) in [6.07, 6.45) is 3.55. The summed E-state index contributed by atoms with van der Waals surface area (Å²) in [7, 11) is 0. The molecule has 2 heterocycles. The van der Waals surface area contributed by atoms with Gasteiger partial charge in [-0.15, -0.1) is 0 Å². The highest BCUT2D eigenvalue weighted by Gasteiger charge is 2.20. The number of nitrogens with one attached hydrogen (secondary N) is 1. The minimum absolute atomic E-state index is 0.00860. The number of pyridine rings is 1. The molecule has 0 spiro atoms. The Bertz CT molecular complexity index is 806. The first-order chi connectivity index (χ1) is 12.9. The third-order valence-electron chi connectivity index (χ3n) is 4.70. The molecular weight excluding hydrogens is 352 g/mol. The summed E-state index contributed by atoms with van der Waals surface area (Å²) in [5.74, 6) is 0.180. The molecule has 0 atom stereocenters. The van der Waals surface area contributed by atoms with Gasteiger partial charge in [-0.2, -0.15) is 8.78 Å². The number of alkyl halides is 2. The Morgan fingerprint density at radius 3 is 2.63 bits per heavy atom. The molecule has 1 aromatic heterocycles. The highest BCUT2D eigenvalue weighted by atomic mass is 19.3. The molecule has 144 valence electrons. The number of piperidine rings is 1. The van der Waals surface area contributed by atoms with Crippen LogP contribution >= 0.6 is 0 Å². The lowest BCUT2D eigenvalue weighted by atomic mass is 10.0. The van der Waals surface area contributed by atoms with Crippen LogP contribution in [-0.2, 0) is 4.79 Å². The highest BCUT2D eigenvalue weighted by molar-refractivity contribution is 5.73. The summed E-state index contributed by atoms with van der Waals surface area (Å²) in [4.78, 5) is 17.9. The second-order valence-electron chi connectivity index (χ2n) is 6.72. The maximum atomic E-state index is 12.4. The van der Waals surface area contributed by atoms with Gasteiger partial charge in [0, 0.05) is 43.5 Å². The molecule has 1 fully saturated rings. The molecular formula is C20H23F2N3O2. The summed E-state index contributed by atoms with van der Waals surface area (Å²) in [6, 6.07) is 9.27. The number of nitrogens with zero attached hydrogens (tertiary/aromatic N) is 2. The number of rotatable bonds is 5. The summed E-state index contributed by atoms with van der Waals surface area (Å²) >= 11 is 0. The van der Waals surface area contributed by atoms with E-state index in [1.54, 1.807) is 38.2 Å². The van der Waals surface area contributed by atoms with Gasteiger partial charge >= 0.3 is 6.61 Å². The van der Waals surface area contributed by atoms with Crippen molar-refractivity contribution in [1.82, 2.24) is 10.3 Å². The van der Waals surface area contributed by atoms with Crippen LogP contribution in [0.15, 0.2) is 36.5 Å². The molecule has 1 aliphatic heterocycles. The molecule has 1 aromatic carbocycles. The van der Waals surface area contributed by atoms with Gasteiger partial charge in [0.2, 0.25) is 5.91 Å². The number of ether oxygens (including phenoxy) is 1. The van der Waals surface area contributed by atoms with Crippen molar-refractivity contribution >= 4 is 11.6 Å². The zero-order valence-corrected chi connectivity index (χ0v) is 15.4. The van der Waals surface area contributed by atoms with E-state index in [0.29, 0.717) is 5.56 Å². The van der Waals surface area contributed by atoms with Crippen LogP contribution in [0.3, 0.4) is 0 Å². The molecule has 3 rings (SSSR count). The third kappa shape index (κ3) is 4.93.